The molecule has 2 aromatic carbocycles. The molecule has 0 unspecified atom stereocenters. The molecular formula is C19H21FO3. The van der Waals surface area contributed by atoms with E-state index in [2.05, 4.69) is 0 Å². The van der Waals surface area contributed by atoms with Gasteiger partial charge in [0.15, 0.2) is 11.6 Å². The second-order valence-electron chi connectivity index (χ2n) is 5.35. The number of rotatable bonds is 7. The second kappa shape index (κ2) is 8.32. The maximum atomic E-state index is 14.1. The first kappa shape index (κ1) is 17.0. The Kier molecular flexibility index (Phi) is 6.15. The Balaban J connectivity index is 1.92. The number of carbonyl (C=O) groups is 1. The highest BCUT2D eigenvalue weighted by molar-refractivity contribution is 5.69. The van der Waals surface area contributed by atoms with E-state index < -0.39 is 5.82 Å². The van der Waals surface area contributed by atoms with E-state index in [9.17, 15) is 9.18 Å². The molecule has 0 aromatic heterocycles. The molecule has 0 saturated heterocycles. The van der Waals surface area contributed by atoms with Gasteiger partial charge in [0.25, 0.3) is 0 Å². The summed E-state index contributed by atoms with van der Waals surface area (Å²) in [7, 11) is 0. The number of ether oxygens (including phenoxy) is 2. The first-order valence-electron chi connectivity index (χ1n) is 7.71. The summed E-state index contributed by atoms with van der Waals surface area (Å²) < 4.78 is 24.5. The van der Waals surface area contributed by atoms with E-state index in [4.69, 9.17) is 9.47 Å². The molecule has 0 spiro atoms. The van der Waals surface area contributed by atoms with Crippen LogP contribution in [-0.2, 0) is 22.6 Å². The summed E-state index contributed by atoms with van der Waals surface area (Å²) in [6, 6.07) is 12.7. The number of hydrogen-bond acceptors (Lipinski definition) is 3. The van der Waals surface area contributed by atoms with Crippen molar-refractivity contribution >= 4 is 5.97 Å². The molecular weight excluding hydrogens is 295 g/mol. The van der Waals surface area contributed by atoms with Crippen molar-refractivity contribution in [2.24, 2.45) is 0 Å². The van der Waals surface area contributed by atoms with Crippen LogP contribution in [0.15, 0.2) is 42.5 Å². The maximum absolute atomic E-state index is 14.1. The highest BCUT2D eigenvalue weighted by atomic mass is 19.1. The topological polar surface area (TPSA) is 35.5 Å². The third-order valence-corrected chi connectivity index (χ3v) is 3.40. The summed E-state index contributed by atoms with van der Waals surface area (Å²) in [4.78, 5) is 11.3. The Morgan fingerprint density at radius 1 is 1.13 bits per heavy atom. The molecule has 3 nitrogen and oxygen atoms in total. The van der Waals surface area contributed by atoms with Crippen LogP contribution in [0.2, 0.25) is 0 Å². The highest BCUT2D eigenvalue weighted by Gasteiger charge is 2.08. The normalized spacial score (nSPS) is 10.4. The lowest BCUT2D eigenvalue weighted by molar-refractivity contribution is -0.143. The molecule has 0 N–H and O–H groups in total. The van der Waals surface area contributed by atoms with Gasteiger partial charge in [-0.15, -0.1) is 0 Å². The lowest BCUT2D eigenvalue weighted by Crippen LogP contribution is -2.05. The number of benzene rings is 2. The van der Waals surface area contributed by atoms with Gasteiger partial charge in [0.05, 0.1) is 6.61 Å². The van der Waals surface area contributed by atoms with Crippen molar-refractivity contribution in [2.45, 2.75) is 33.3 Å². The Morgan fingerprint density at radius 2 is 1.96 bits per heavy atom. The molecule has 0 aliphatic rings. The van der Waals surface area contributed by atoms with E-state index in [0.717, 1.165) is 16.7 Å². The van der Waals surface area contributed by atoms with Gasteiger partial charge in [-0.05, 0) is 43.5 Å². The van der Waals surface area contributed by atoms with Crippen molar-refractivity contribution in [2.75, 3.05) is 6.61 Å². The molecule has 0 radical (unpaired) electrons. The molecule has 0 fully saturated rings. The van der Waals surface area contributed by atoms with Crippen LogP contribution in [0.3, 0.4) is 0 Å². The minimum Gasteiger partial charge on any atom is -0.486 e. The largest absolute Gasteiger partial charge is 0.486 e. The van der Waals surface area contributed by atoms with Crippen LogP contribution >= 0.6 is 0 Å². The standard InChI is InChI=1S/C19H21FO3/c1-3-22-19(21)10-8-15-7-9-18(17(20)12-15)23-13-16-6-4-5-14(2)11-16/h4-7,9,11-12H,3,8,10,13H2,1-2H3. The van der Waals surface area contributed by atoms with Gasteiger partial charge in [-0.2, -0.15) is 0 Å². The third kappa shape index (κ3) is 5.40. The van der Waals surface area contributed by atoms with Gasteiger partial charge < -0.3 is 9.47 Å². The summed E-state index contributed by atoms with van der Waals surface area (Å²) in [5.41, 5.74) is 2.88. The van der Waals surface area contributed by atoms with Crippen molar-refractivity contribution in [3.8, 4) is 5.75 Å². The van der Waals surface area contributed by atoms with Crippen LogP contribution in [0.25, 0.3) is 0 Å². The number of carbonyl (C=O) groups excluding carboxylic acids is 1. The van der Waals surface area contributed by atoms with Gasteiger partial charge in [-0.1, -0.05) is 35.9 Å². The average Bonchev–Trinajstić information content (AvgIpc) is 2.52. The van der Waals surface area contributed by atoms with Gasteiger partial charge in [0.1, 0.15) is 6.61 Å². The molecule has 2 rings (SSSR count). The molecule has 122 valence electrons. The SMILES string of the molecule is CCOC(=O)CCc1ccc(OCc2cccc(C)c2)c(F)c1. The fourth-order valence-electron chi connectivity index (χ4n) is 2.26. The van der Waals surface area contributed by atoms with E-state index >= 15 is 0 Å². The quantitative estimate of drug-likeness (QED) is 0.718. The van der Waals surface area contributed by atoms with Gasteiger partial charge in [0, 0.05) is 6.42 Å². The Morgan fingerprint density at radius 3 is 2.65 bits per heavy atom. The van der Waals surface area contributed by atoms with Crippen molar-refractivity contribution in [1.29, 1.82) is 0 Å². The molecule has 2 aromatic rings. The molecule has 0 heterocycles. The van der Waals surface area contributed by atoms with Crippen LogP contribution < -0.4 is 4.74 Å². The summed E-state index contributed by atoms with van der Waals surface area (Å²) in [6.45, 7) is 4.44. The van der Waals surface area contributed by atoms with Gasteiger partial charge >= 0.3 is 5.97 Å². The van der Waals surface area contributed by atoms with E-state index in [1.807, 2.05) is 31.2 Å². The third-order valence-electron chi connectivity index (χ3n) is 3.40. The van der Waals surface area contributed by atoms with Gasteiger partial charge in [0.2, 0.25) is 0 Å². The lowest BCUT2D eigenvalue weighted by Gasteiger charge is -2.09. The summed E-state index contributed by atoms with van der Waals surface area (Å²) in [5.74, 6) is -0.474. The van der Waals surface area contributed by atoms with E-state index in [1.165, 1.54) is 6.07 Å². The molecule has 4 heteroatoms. The zero-order chi connectivity index (χ0) is 16.7. The first-order chi connectivity index (χ1) is 11.1. The zero-order valence-corrected chi connectivity index (χ0v) is 13.5. The fourth-order valence-corrected chi connectivity index (χ4v) is 2.26. The number of esters is 1. The Bertz CT molecular complexity index is 667. The van der Waals surface area contributed by atoms with E-state index in [-0.39, 0.29) is 18.1 Å². The average molecular weight is 316 g/mol. The molecule has 0 aliphatic heterocycles. The molecule has 0 amide bonds. The van der Waals surface area contributed by atoms with Crippen molar-refractivity contribution in [3.63, 3.8) is 0 Å². The monoisotopic (exact) mass is 316 g/mol. The molecule has 23 heavy (non-hydrogen) atoms. The van der Waals surface area contributed by atoms with Crippen LogP contribution in [0.1, 0.15) is 30.0 Å². The summed E-state index contributed by atoms with van der Waals surface area (Å²) in [6.07, 6.45) is 0.699. The van der Waals surface area contributed by atoms with Crippen molar-refractivity contribution < 1.29 is 18.7 Å². The van der Waals surface area contributed by atoms with Gasteiger partial charge in [-0.3, -0.25) is 4.79 Å². The van der Waals surface area contributed by atoms with Crippen molar-refractivity contribution in [1.82, 2.24) is 0 Å². The lowest BCUT2D eigenvalue weighted by atomic mass is 10.1. The number of halogens is 1. The van der Waals surface area contributed by atoms with Gasteiger partial charge in [-0.25, -0.2) is 4.39 Å². The van der Waals surface area contributed by atoms with Crippen LogP contribution in [0.5, 0.6) is 5.75 Å². The molecule has 0 aliphatic carbocycles. The highest BCUT2D eigenvalue weighted by Crippen LogP contribution is 2.20. The molecule has 0 saturated carbocycles. The smallest absolute Gasteiger partial charge is 0.306 e. The minimum atomic E-state index is -0.418. The summed E-state index contributed by atoms with van der Waals surface area (Å²) in [5, 5.41) is 0. The number of aryl methyl sites for hydroxylation is 2. The zero-order valence-electron chi connectivity index (χ0n) is 13.5. The summed E-state index contributed by atoms with van der Waals surface area (Å²) >= 11 is 0. The van der Waals surface area contributed by atoms with Crippen LogP contribution in [-0.4, -0.2) is 12.6 Å². The Labute approximate surface area is 136 Å². The fraction of sp³-hybridized carbons (Fsp3) is 0.316. The predicted octanol–water partition coefficient (Wildman–Crippen LogP) is 4.21. The van der Waals surface area contributed by atoms with Crippen LogP contribution in [0.4, 0.5) is 4.39 Å². The molecule has 0 atom stereocenters. The maximum Gasteiger partial charge on any atom is 0.306 e. The second-order valence-corrected chi connectivity index (χ2v) is 5.35. The first-order valence-corrected chi connectivity index (χ1v) is 7.71. The Hall–Kier alpha value is -2.36. The molecule has 0 bridgehead atoms. The van der Waals surface area contributed by atoms with E-state index in [0.29, 0.717) is 19.6 Å². The van der Waals surface area contributed by atoms with Crippen LogP contribution in [0, 0.1) is 12.7 Å². The van der Waals surface area contributed by atoms with E-state index in [1.54, 1.807) is 19.1 Å². The number of hydrogen-bond donors (Lipinski definition) is 0. The minimum absolute atomic E-state index is 0.214. The predicted molar refractivity (Wildman–Crippen MR) is 86.9 cm³/mol. The van der Waals surface area contributed by atoms with Crippen molar-refractivity contribution in [3.05, 3.63) is 65.0 Å².